The van der Waals surface area contributed by atoms with Gasteiger partial charge in [-0.05, 0) is 36.6 Å². The molecule has 1 fully saturated rings. The van der Waals surface area contributed by atoms with Gasteiger partial charge >= 0.3 is 0 Å². The molecule has 0 radical (unpaired) electrons. The fourth-order valence-corrected chi connectivity index (χ4v) is 3.52. The van der Waals surface area contributed by atoms with Crippen LogP contribution in [0.1, 0.15) is 24.1 Å². The molecule has 1 aliphatic rings. The number of hydrogen-bond donors (Lipinski definition) is 3. The van der Waals surface area contributed by atoms with E-state index in [2.05, 4.69) is 20.9 Å². The number of ether oxygens (including phenoxy) is 1. The molecule has 7 nitrogen and oxygen atoms in total. The van der Waals surface area contributed by atoms with E-state index in [0.717, 1.165) is 29.8 Å². The zero-order valence-electron chi connectivity index (χ0n) is 16.5. The predicted octanol–water partition coefficient (Wildman–Crippen LogP) is 3.31. The van der Waals surface area contributed by atoms with Gasteiger partial charge in [-0.1, -0.05) is 35.3 Å². The van der Waals surface area contributed by atoms with Crippen molar-refractivity contribution < 1.29 is 9.53 Å². The van der Waals surface area contributed by atoms with Crippen molar-refractivity contribution in [3.8, 4) is 0 Å². The molecular weight excluding hydrogens is 413 g/mol. The second kappa shape index (κ2) is 10.0. The maximum absolute atomic E-state index is 12.2. The van der Waals surface area contributed by atoms with Crippen LogP contribution in [0.25, 0.3) is 0 Å². The Hall–Kier alpha value is -2.22. The third-order valence-corrected chi connectivity index (χ3v) is 5.59. The summed E-state index contributed by atoms with van der Waals surface area (Å²) >= 11 is 12.2. The highest BCUT2D eigenvalue weighted by atomic mass is 35.5. The van der Waals surface area contributed by atoms with E-state index in [1.807, 2.05) is 41.9 Å². The largest absolute Gasteiger partial charge is 0.368 e. The number of guanidine groups is 1. The first-order valence-corrected chi connectivity index (χ1v) is 10.2. The Balaban J connectivity index is 1.52. The summed E-state index contributed by atoms with van der Waals surface area (Å²) in [5, 5.41) is 10.4. The molecule has 9 heteroatoms. The van der Waals surface area contributed by atoms with Crippen LogP contribution in [-0.2, 0) is 29.7 Å². The Kier molecular flexibility index (Phi) is 7.41. The Bertz CT molecular complexity index is 891. The highest BCUT2D eigenvalue weighted by Gasteiger charge is 2.23. The molecule has 2 aromatic rings. The van der Waals surface area contributed by atoms with E-state index >= 15 is 0 Å². The van der Waals surface area contributed by atoms with E-state index in [-0.39, 0.29) is 12.0 Å². The molecule has 3 N–H and O–H groups in total. The number of aromatic nitrogens is 1. The summed E-state index contributed by atoms with van der Waals surface area (Å²) in [7, 11) is 3.57. The minimum absolute atomic E-state index is 0.0926. The summed E-state index contributed by atoms with van der Waals surface area (Å²) in [6, 6.07) is 9.52. The molecule has 1 aliphatic heterocycles. The van der Waals surface area contributed by atoms with Crippen molar-refractivity contribution in [2.45, 2.75) is 32.0 Å². The standard InChI is InChI=1S/C20H25Cl2N5O2/c1-23-20(25-12-15-10-16(21)18(22)27(15)2)24-11-13-5-3-6-14(9-13)26-19(28)17-7-4-8-29-17/h3,5-6,9-10,17H,4,7-8,11-12H2,1-2H3,(H,26,28)(H2,23,24,25). The molecule has 2 heterocycles. The Morgan fingerprint density at radius 2 is 2.07 bits per heavy atom. The number of aliphatic imine (C=N–C) groups is 1. The van der Waals surface area contributed by atoms with E-state index in [9.17, 15) is 4.79 Å². The highest BCUT2D eigenvalue weighted by Crippen LogP contribution is 2.24. The average Bonchev–Trinajstić information content (AvgIpc) is 3.34. The fraction of sp³-hybridized carbons (Fsp3) is 0.400. The number of benzene rings is 1. The van der Waals surface area contributed by atoms with Crippen molar-refractivity contribution in [1.82, 2.24) is 15.2 Å². The molecule has 0 bridgehead atoms. The Morgan fingerprint density at radius 1 is 1.28 bits per heavy atom. The lowest BCUT2D eigenvalue weighted by atomic mass is 10.2. The van der Waals surface area contributed by atoms with E-state index in [1.54, 1.807) is 7.05 Å². The summed E-state index contributed by atoms with van der Waals surface area (Å²) in [6.07, 6.45) is 1.35. The Labute approximate surface area is 180 Å². The smallest absolute Gasteiger partial charge is 0.253 e. The lowest BCUT2D eigenvalue weighted by Crippen LogP contribution is -2.36. The van der Waals surface area contributed by atoms with E-state index in [0.29, 0.717) is 35.8 Å². The number of amides is 1. The number of hydrogen-bond acceptors (Lipinski definition) is 3. The van der Waals surface area contributed by atoms with Crippen molar-refractivity contribution in [2.24, 2.45) is 12.0 Å². The molecule has 0 saturated carbocycles. The van der Waals surface area contributed by atoms with Crippen molar-refractivity contribution in [3.63, 3.8) is 0 Å². The monoisotopic (exact) mass is 437 g/mol. The van der Waals surface area contributed by atoms with Crippen LogP contribution in [0.15, 0.2) is 35.3 Å². The topological polar surface area (TPSA) is 79.7 Å². The summed E-state index contributed by atoms with van der Waals surface area (Å²) in [4.78, 5) is 16.4. The van der Waals surface area contributed by atoms with Crippen molar-refractivity contribution in [2.75, 3.05) is 19.0 Å². The maximum atomic E-state index is 12.2. The molecule has 1 unspecified atom stereocenters. The van der Waals surface area contributed by atoms with Gasteiger partial charge in [-0.15, -0.1) is 0 Å². The van der Waals surface area contributed by atoms with Gasteiger partial charge in [0.05, 0.1) is 11.6 Å². The Morgan fingerprint density at radius 3 is 2.72 bits per heavy atom. The summed E-state index contributed by atoms with van der Waals surface area (Å²) < 4.78 is 7.25. The zero-order chi connectivity index (χ0) is 20.8. The van der Waals surface area contributed by atoms with Gasteiger partial charge in [0.2, 0.25) is 0 Å². The quantitative estimate of drug-likeness (QED) is 0.478. The SMILES string of the molecule is CN=C(NCc1cccc(NC(=O)C2CCCO2)c1)NCc1cc(Cl)c(Cl)n1C. The second-order valence-electron chi connectivity index (χ2n) is 6.80. The molecule has 0 aliphatic carbocycles. The molecule has 1 amide bonds. The molecule has 3 rings (SSSR count). The maximum Gasteiger partial charge on any atom is 0.253 e. The van der Waals surface area contributed by atoms with Crippen molar-refractivity contribution in [3.05, 3.63) is 51.8 Å². The third-order valence-electron chi connectivity index (χ3n) is 4.75. The first kappa shape index (κ1) is 21.5. The number of halogens is 2. The number of nitrogens with zero attached hydrogens (tertiary/aromatic N) is 2. The molecule has 156 valence electrons. The molecule has 1 saturated heterocycles. The first-order valence-electron chi connectivity index (χ1n) is 9.43. The van der Waals surface area contributed by atoms with E-state index in [1.165, 1.54) is 0 Å². The van der Waals surface area contributed by atoms with Gasteiger partial charge < -0.3 is 25.3 Å². The van der Waals surface area contributed by atoms with Gasteiger partial charge in [0.25, 0.3) is 5.91 Å². The van der Waals surface area contributed by atoms with Gasteiger partial charge in [-0.3, -0.25) is 9.79 Å². The van der Waals surface area contributed by atoms with Crippen molar-refractivity contribution in [1.29, 1.82) is 0 Å². The van der Waals surface area contributed by atoms with Crippen molar-refractivity contribution >= 4 is 40.8 Å². The number of nitrogens with one attached hydrogen (secondary N) is 3. The number of anilines is 1. The van der Waals surface area contributed by atoms with Gasteiger partial charge in [0, 0.05) is 38.6 Å². The van der Waals surface area contributed by atoms with Crippen LogP contribution >= 0.6 is 23.2 Å². The first-order chi connectivity index (χ1) is 14.0. The minimum Gasteiger partial charge on any atom is -0.368 e. The third kappa shape index (κ3) is 5.65. The average molecular weight is 438 g/mol. The van der Waals surface area contributed by atoms with Crippen LogP contribution in [0, 0.1) is 0 Å². The van der Waals surface area contributed by atoms with Gasteiger partial charge in [-0.2, -0.15) is 0 Å². The predicted molar refractivity (Wildman–Crippen MR) is 117 cm³/mol. The van der Waals surface area contributed by atoms with Gasteiger partial charge in [-0.25, -0.2) is 0 Å². The highest BCUT2D eigenvalue weighted by molar-refractivity contribution is 6.41. The van der Waals surface area contributed by atoms with Gasteiger partial charge in [0.1, 0.15) is 11.3 Å². The molecule has 0 spiro atoms. The fourth-order valence-electron chi connectivity index (χ4n) is 3.11. The second-order valence-corrected chi connectivity index (χ2v) is 7.57. The molecule has 1 atom stereocenters. The number of rotatable bonds is 6. The normalized spacial score (nSPS) is 16.7. The van der Waals surface area contributed by atoms with Gasteiger partial charge in [0.15, 0.2) is 5.96 Å². The molecular formula is C20H25Cl2N5O2. The lowest BCUT2D eigenvalue weighted by Gasteiger charge is -2.14. The van der Waals surface area contributed by atoms with Crippen LogP contribution in [0.4, 0.5) is 5.69 Å². The van der Waals surface area contributed by atoms with E-state index in [4.69, 9.17) is 27.9 Å². The van der Waals surface area contributed by atoms with Crippen LogP contribution in [0.3, 0.4) is 0 Å². The zero-order valence-corrected chi connectivity index (χ0v) is 18.0. The van der Waals surface area contributed by atoms with E-state index < -0.39 is 0 Å². The summed E-state index contributed by atoms with van der Waals surface area (Å²) in [6.45, 7) is 1.73. The van der Waals surface area contributed by atoms with Crippen LogP contribution in [0.2, 0.25) is 10.2 Å². The molecule has 1 aromatic carbocycles. The van der Waals surface area contributed by atoms with Crippen LogP contribution < -0.4 is 16.0 Å². The lowest BCUT2D eigenvalue weighted by molar-refractivity contribution is -0.124. The molecule has 29 heavy (non-hydrogen) atoms. The number of carbonyl (C=O) groups excluding carboxylic acids is 1. The summed E-state index contributed by atoms with van der Waals surface area (Å²) in [5.41, 5.74) is 2.71. The van der Waals surface area contributed by atoms with Crippen LogP contribution in [0.5, 0.6) is 0 Å². The van der Waals surface area contributed by atoms with Crippen LogP contribution in [-0.4, -0.2) is 36.2 Å². The summed E-state index contributed by atoms with van der Waals surface area (Å²) in [5.74, 6) is 0.553. The minimum atomic E-state index is -0.348. The molecule has 1 aromatic heterocycles. The number of carbonyl (C=O) groups is 1.